The van der Waals surface area contributed by atoms with Gasteiger partial charge in [-0.1, -0.05) is 33.6 Å². The van der Waals surface area contributed by atoms with Gasteiger partial charge in [0, 0.05) is 51.9 Å². The number of rotatable bonds is 14. The number of nitrogens with zero attached hydrogens (tertiary/aromatic N) is 2. The van der Waals surface area contributed by atoms with E-state index in [4.69, 9.17) is 15.9 Å². The topological polar surface area (TPSA) is 105 Å². The molecule has 0 bridgehead atoms. The van der Waals surface area contributed by atoms with Crippen LogP contribution in [0.1, 0.15) is 59.8 Å². The van der Waals surface area contributed by atoms with Crippen molar-refractivity contribution in [1.82, 2.24) is 15.1 Å². The summed E-state index contributed by atoms with van der Waals surface area (Å²) in [6.45, 7) is 9.52. The lowest BCUT2D eigenvalue weighted by molar-refractivity contribution is -0.145. The Balaban J connectivity index is 1.74. The fourth-order valence-electron chi connectivity index (χ4n) is 4.95. The van der Waals surface area contributed by atoms with Crippen molar-refractivity contribution in [2.75, 3.05) is 45.9 Å². The fourth-order valence-corrected chi connectivity index (χ4v) is 4.95. The number of carbonyl (C=O) groups excluding carboxylic acids is 4. The van der Waals surface area contributed by atoms with Crippen LogP contribution in [0.4, 0.5) is 4.79 Å². The van der Waals surface area contributed by atoms with E-state index >= 15 is 0 Å². The van der Waals surface area contributed by atoms with E-state index in [0.29, 0.717) is 44.0 Å². The van der Waals surface area contributed by atoms with Crippen LogP contribution in [-0.4, -0.2) is 85.5 Å². The van der Waals surface area contributed by atoms with Gasteiger partial charge in [0.05, 0.1) is 19.2 Å². The van der Waals surface area contributed by atoms with Crippen molar-refractivity contribution in [1.29, 1.82) is 0 Å². The smallest absolute Gasteiger partial charge is 0.407 e. The molecule has 4 atom stereocenters. The number of terminal acetylenes is 1. The molecule has 0 aromatic carbocycles. The lowest BCUT2D eigenvalue weighted by Gasteiger charge is -2.41. The highest BCUT2D eigenvalue weighted by molar-refractivity contribution is 5.82. The maximum Gasteiger partial charge on any atom is 0.407 e. The summed E-state index contributed by atoms with van der Waals surface area (Å²) >= 11 is 0. The third-order valence-corrected chi connectivity index (χ3v) is 7.21. The zero-order valence-corrected chi connectivity index (χ0v) is 22.3. The van der Waals surface area contributed by atoms with Gasteiger partial charge in [-0.15, -0.1) is 12.3 Å². The molecule has 1 aliphatic carbocycles. The van der Waals surface area contributed by atoms with Crippen molar-refractivity contribution in [3.8, 4) is 12.3 Å². The van der Waals surface area contributed by atoms with Crippen LogP contribution < -0.4 is 5.32 Å². The molecule has 0 radical (unpaired) electrons. The van der Waals surface area contributed by atoms with E-state index < -0.39 is 12.1 Å². The quantitative estimate of drug-likeness (QED) is 0.286. The van der Waals surface area contributed by atoms with Crippen molar-refractivity contribution in [2.24, 2.45) is 23.7 Å². The Hall–Kier alpha value is -2.60. The summed E-state index contributed by atoms with van der Waals surface area (Å²) < 4.78 is 10.6. The summed E-state index contributed by atoms with van der Waals surface area (Å²) in [6.07, 6.45) is 8.97. The first-order valence-electron chi connectivity index (χ1n) is 13.2. The summed E-state index contributed by atoms with van der Waals surface area (Å²) in [5, 5.41) is 2.67. The van der Waals surface area contributed by atoms with Gasteiger partial charge in [-0.3, -0.25) is 19.3 Å². The highest BCUT2D eigenvalue weighted by atomic mass is 16.5. The Morgan fingerprint density at radius 2 is 1.78 bits per heavy atom. The number of esters is 1. The first-order chi connectivity index (χ1) is 17.2. The van der Waals surface area contributed by atoms with Crippen LogP contribution >= 0.6 is 0 Å². The molecule has 1 N–H and O–H groups in total. The van der Waals surface area contributed by atoms with Crippen molar-refractivity contribution >= 4 is 23.8 Å². The largest absolute Gasteiger partial charge is 0.464 e. The van der Waals surface area contributed by atoms with Crippen LogP contribution in [0.3, 0.4) is 0 Å². The molecule has 0 spiro atoms. The number of Topliss-reactive ketones (excluding diaryl/α,β-unsaturated/α-hetero) is 1. The van der Waals surface area contributed by atoms with Crippen LogP contribution in [-0.2, 0) is 23.9 Å². The molecule has 2 amide bonds. The second-order valence-electron chi connectivity index (χ2n) is 10.2. The monoisotopic (exact) mass is 505 g/mol. The number of piperazine rings is 1. The molecule has 1 aliphatic heterocycles. The molecule has 1 heterocycles. The molecule has 1 unspecified atom stereocenters. The van der Waals surface area contributed by atoms with E-state index in [-0.39, 0.29) is 49.8 Å². The van der Waals surface area contributed by atoms with Crippen LogP contribution in [0.5, 0.6) is 0 Å². The number of nitrogens with one attached hydrogen (secondary N) is 1. The summed E-state index contributed by atoms with van der Waals surface area (Å²) in [5.74, 6) is 3.70. The Kier molecular flexibility index (Phi) is 12.2. The van der Waals surface area contributed by atoms with E-state index in [2.05, 4.69) is 18.2 Å². The van der Waals surface area contributed by atoms with Crippen molar-refractivity contribution in [3.63, 3.8) is 0 Å². The first kappa shape index (κ1) is 29.6. The molecule has 9 nitrogen and oxygen atoms in total. The summed E-state index contributed by atoms with van der Waals surface area (Å²) in [5.41, 5.74) is 0. The summed E-state index contributed by atoms with van der Waals surface area (Å²) in [6, 6.07) is -0.246. The van der Waals surface area contributed by atoms with Crippen LogP contribution in [0, 0.1) is 36.0 Å². The van der Waals surface area contributed by atoms with Crippen molar-refractivity contribution in [2.45, 2.75) is 65.8 Å². The molecular formula is C27H43N3O6. The molecular weight excluding hydrogens is 462 g/mol. The third-order valence-electron chi connectivity index (χ3n) is 7.21. The molecule has 36 heavy (non-hydrogen) atoms. The average Bonchev–Trinajstić information content (AvgIpc) is 3.50. The summed E-state index contributed by atoms with van der Waals surface area (Å²) in [4.78, 5) is 52.1. The number of ether oxygens (including phenoxy) is 2. The lowest BCUT2D eigenvalue weighted by Crippen LogP contribution is -2.58. The van der Waals surface area contributed by atoms with E-state index in [1.165, 1.54) is 6.92 Å². The number of hydrogen-bond acceptors (Lipinski definition) is 7. The zero-order valence-electron chi connectivity index (χ0n) is 22.3. The minimum atomic E-state index is -0.509. The Morgan fingerprint density at radius 1 is 1.06 bits per heavy atom. The van der Waals surface area contributed by atoms with Crippen molar-refractivity contribution in [3.05, 3.63) is 0 Å². The molecule has 202 valence electrons. The van der Waals surface area contributed by atoms with E-state index in [0.717, 1.165) is 25.7 Å². The van der Waals surface area contributed by atoms with Gasteiger partial charge in [0.25, 0.3) is 0 Å². The molecule has 9 heteroatoms. The fraction of sp³-hybridized carbons (Fsp3) is 0.778. The molecule has 2 aliphatic rings. The van der Waals surface area contributed by atoms with E-state index in [9.17, 15) is 19.2 Å². The first-order valence-corrected chi connectivity index (χ1v) is 13.2. The van der Waals surface area contributed by atoms with Crippen LogP contribution in [0.15, 0.2) is 0 Å². The number of alkyl carbamates (subject to hydrolysis) is 1. The average molecular weight is 506 g/mol. The maximum absolute atomic E-state index is 12.8. The molecule has 1 saturated heterocycles. The van der Waals surface area contributed by atoms with Crippen molar-refractivity contribution < 1.29 is 28.7 Å². The number of amides is 2. The Bertz CT molecular complexity index is 808. The van der Waals surface area contributed by atoms with Gasteiger partial charge in [0.15, 0.2) is 0 Å². The normalized spacial score (nSPS) is 23.6. The number of carbonyl (C=O) groups is 4. The molecule has 2 fully saturated rings. The van der Waals surface area contributed by atoms with Crippen LogP contribution in [0.25, 0.3) is 0 Å². The predicted octanol–water partition coefficient (Wildman–Crippen LogP) is 2.48. The lowest BCUT2D eigenvalue weighted by atomic mass is 10.1. The number of hydrogen-bond donors (Lipinski definition) is 1. The summed E-state index contributed by atoms with van der Waals surface area (Å²) in [7, 11) is 0. The minimum absolute atomic E-state index is 0.0869. The Labute approximate surface area is 215 Å². The predicted molar refractivity (Wildman–Crippen MR) is 136 cm³/mol. The Morgan fingerprint density at radius 3 is 2.42 bits per heavy atom. The van der Waals surface area contributed by atoms with Gasteiger partial charge < -0.3 is 19.7 Å². The maximum atomic E-state index is 12.8. The number of ketones is 1. The molecule has 0 aromatic rings. The van der Waals surface area contributed by atoms with Gasteiger partial charge in [0.2, 0.25) is 5.91 Å². The van der Waals surface area contributed by atoms with Gasteiger partial charge in [0.1, 0.15) is 12.4 Å². The second-order valence-corrected chi connectivity index (χ2v) is 10.2. The van der Waals surface area contributed by atoms with Gasteiger partial charge >= 0.3 is 12.1 Å². The van der Waals surface area contributed by atoms with Gasteiger partial charge in [-0.25, -0.2) is 4.79 Å². The van der Waals surface area contributed by atoms with Gasteiger partial charge in [-0.05, 0) is 24.2 Å². The highest BCUT2D eigenvalue weighted by Crippen LogP contribution is 2.51. The van der Waals surface area contributed by atoms with E-state index in [1.54, 1.807) is 4.90 Å². The van der Waals surface area contributed by atoms with Gasteiger partial charge in [-0.2, -0.15) is 0 Å². The highest BCUT2D eigenvalue weighted by Gasteiger charge is 2.48. The van der Waals surface area contributed by atoms with E-state index in [1.807, 2.05) is 18.7 Å². The minimum Gasteiger partial charge on any atom is -0.464 e. The SMILES string of the molecule is C#CCC[C@@H]1[C@H](CCC)[C@@H]1COC(=O)NCCC(=O)N1CCN(CC(=O)C(C)C)C(COC(C)=O)C1. The molecule has 1 saturated carbocycles. The molecule has 2 rings (SSSR count). The van der Waals surface area contributed by atoms with Crippen LogP contribution in [0.2, 0.25) is 0 Å². The third kappa shape index (κ3) is 9.45. The molecule has 0 aromatic heterocycles. The second kappa shape index (κ2) is 14.8. The zero-order chi connectivity index (χ0) is 26.7. The standard InChI is InChI=1S/C27H43N3O6/c1-6-8-10-23-22(9-7-2)24(23)18-36-27(34)28-12-11-26(33)30-14-13-29(16-25(32)19(3)4)21(15-30)17-35-20(5)31/h1,19,21-24H,7-18H2,2-5H3,(H,28,34)/t21?,22-,23+,24-/m0/s1.